The van der Waals surface area contributed by atoms with Crippen LogP contribution in [0, 0.1) is 0 Å². The normalized spacial score (nSPS) is 18.8. The summed E-state index contributed by atoms with van der Waals surface area (Å²) in [5.41, 5.74) is 0.877. The van der Waals surface area contributed by atoms with Gasteiger partial charge in [0.2, 0.25) is 5.91 Å². The summed E-state index contributed by atoms with van der Waals surface area (Å²) >= 11 is 6.29. The highest BCUT2D eigenvalue weighted by atomic mass is 35.5. The molecule has 4 nitrogen and oxygen atoms in total. The van der Waals surface area contributed by atoms with Crippen LogP contribution in [0.1, 0.15) is 30.9 Å². The third kappa shape index (κ3) is 2.99. The molecule has 1 aliphatic carbocycles. The molecule has 0 aliphatic heterocycles. The number of hydrogen-bond acceptors (Lipinski definition) is 3. The van der Waals surface area contributed by atoms with Crippen molar-refractivity contribution in [2.45, 2.75) is 36.5 Å². The molecule has 0 radical (unpaired) electrons. The van der Waals surface area contributed by atoms with Crippen LogP contribution >= 0.6 is 11.6 Å². The summed E-state index contributed by atoms with van der Waals surface area (Å²) in [6.45, 7) is 1.90. The molecule has 0 fully saturated rings. The van der Waals surface area contributed by atoms with Gasteiger partial charge in [-0.1, -0.05) is 61.0 Å². The molecule has 0 aromatic heterocycles. The number of halogens is 1. The molecule has 3 aromatic rings. The van der Waals surface area contributed by atoms with E-state index in [0.29, 0.717) is 24.3 Å². The molecule has 1 N–H and O–H groups in total. The summed E-state index contributed by atoms with van der Waals surface area (Å²) in [6, 6.07) is 17.8. The molecule has 1 amide bonds. The quantitative estimate of drug-likeness (QED) is 0.680. The van der Waals surface area contributed by atoms with Crippen molar-refractivity contribution in [2.24, 2.45) is 0 Å². The Bertz CT molecular complexity index is 1190. The maximum absolute atomic E-state index is 13.2. The Morgan fingerprint density at radius 2 is 1.82 bits per heavy atom. The van der Waals surface area contributed by atoms with Gasteiger partial charge < -0.3 is 0 Å². The summed E-state index contributed by atoms with van der Waals surface area (Å²) in [7, 11) is -3.98. The molecule has 1 aliphatic rings. The second kappa shape index (κ2) is 6.90. The molecular formula is C22H20ClNO3S. The Morgan fingerprint density at radius 1 is 1.07 bits per heavy atom. The first-order chi connectivity index (χ1) is 13.4. The van der Waals surface area contributed by atoms with Gasteiger partial charge in [0, 0.05) is 5.02 Å². The lowest BCUT2D eigenvalue weighted by Crippen LogP contribution is -2.45. The number of carbonyl (C=O) groups is 1. The van der Waals surface area contributed by atoms with Crippen LogP contribution in [-0.2, 0) is 26.7 Å². The topological polar surface area (TPSA) is 63.2 Å². The minimum Gasteiger partial charge on any atom is -0.273 e. The number of carbonyl (C=O) groups excluding carboxylic acids is 1. The molecule has 3 aromatic carbocycles. The van der Waals surface area contributed by atoms with E-state index in [4.69, 9.17) is 11.6 Å². The average molecular weight is 414 g/mol. The van der Waals surface area contributed by atoms with Crippen molar-refractivity contribution in [3.8, 4) is 0 Å². The molecule has 0 saturated carbocycles. The van der Waals surface area contributed by atoms with Gasteiger partial charge in [-0.2, -0.15) is 0 Å². The van der Waals surface area contributed by atoms with E-state index in [0.717, 1.165) is 21.9 Å². The zero-order chi connectivity index (χ0) is 19.9. The smallest absolute Gasteiger partial charge is 0.264 e. The lowest BCUT2D eigenvalue weighted by Gasteiger charge is -2.27. The maximum Gasteiger partial charge on any atom is 0.264 e. The fourth-order valence-corrected chi connectivity index (χ4v) is 5.47. The van der Waals surface area contributed by atoms with Gasteiger partial charge in [-0.3, -0.25) is 4.79 Å². The molecule has 0 saturated heterocycles. The average Bonchev–Trinajstić information content (AvgIpc) is 3.08. The zero-order valence-electron chi connectivity index (χ0n) is 15.4. The van der Waals surface area contributed by atoms with E-state index in [1.165, 1.54) is 6.07 Å². The highest BCUT2D eigenvalue weighted by molar-refractivity contribution is 7.90. The fourth-order valence-electron chi connectivity index (χ4n) is 4.11. The lowest BCUT2D eigenvalue weighted by molar-refractivity contribution is -0.125. The third-order valence-corrected chi connectivity index (χ3v) is 7.42. The number of benzene rings is 3. The molecule has 28 heavy (non-hydrogen) atoms. The van der Waals surface area contributed by atoms with Gasteiger partial charge in [0.05, 0.1) is 10.3 Å². The second-order valence-corrected chi connectivity index (χ2v) is 9.23. The predicted molar refractivity (Wildman–Crippen MR) is 111 cm³/mol. The molecule has 0 spiro atoms. The monoisotopic (exact) mass is 413 g/mol. The Kier molecular flexibility index (Phi) is 4.68. The van der Waals surface area contributed by atoms with E-state index in [-0.39, 0.29) is 4.90 Å². The number of fused-ring (bicyclic) bond motifs is 2. The molecule has 4 rings (SSSR count). The van der Waals surface area contributed by atoms with Gasteiger partial charge in [0.25, 0.3) is 10.0 Å². The SMILES string of the molecule is CCC1(C(=O)NS(=O)(=O)c2ccc3ccccc3c2)CCc2c(Cl)cccc21. The van der Waals surface area contributed by atoms with Gasteiger partial charge in [0.15, 0.2) is 0 Å². The van der Waals surface area contributed by atoms with E-state index < -0.39 is 21.3 Å². The van der Waals surface area contributed by atoms with Crippen LogP contribution in [0.25, 0.3) is 10.8 Å². The highest BCUT2D eigenvalue weighted by Gasteiger charge is 2.45. The fraction of sp³-hybridized carbons (Fsp3) is 0.227. The Hall–Kier alpha value is -2.37. The summed E-state index contributed by atoms with van der Waals surface area (Å²) in [6.07, 6.45) is 1.70. The zero-order valence-corrected chi connectivity index (χ0v) is 17.0. The van der Waals surface area contributed by atoms with Crippen LogP contribution in [-0.4, -0.2) is 14.3 Å². The summed E-state index contributed by atoms with van der Waals surface area (Å²) in [4.78, 5) is 13.3. The third-order valence-electron chi connectivity index (χ3n) is 5.73. The maximum atomic E-state index is 13.2. The van der Waals surface area contributed by atoms with Crippen LogP contribution in [0.2, 0.25) is 5.02 Å². The van der Waals surface area contributed by atoms with Gasteiger partial charge in [-0.15, -0.1) is 0 Å². The van der Waals surface area contributed by atoms with Crippen LogP contribution in [0.15, 0.2) is 65.6 Å². The van der Waals surface area contributed by atoms with E-state index in [1.807, 2.05) is 43.3 Å². The first-order valence-electron chi connectivity index (χ1n) is 9.21. The first kappa shape index (κ1) is 19.0. The first-order valence-corrected chi connectivity index (χ1v) is 11.1. The number of amides is 1. The predicted octanol–water partition coefficient (Wildman–Crippen LogP) is 4.59. The van der Waals surface area contributed by atoms with E-state index in [9.17, 15) is 13.2 Å². The molecule has 0 bridgehead atoms. The molecule has 144 valence electrons. The van der Waals surface area contributed by atoms with Crippen molar-refractivity contribution in [3.05, 3.63) is 76.8 Å². The van der Waals surface area contributed by atoms with Crippen LogP contribution in [0.4, 0.5) is 0 Å². The standard InChI is InChI=1S/C22H20ClNO3S/c1-2-22(13-12-18-19(22)8-5-9-20(18)23)21(25)24-28(26,27)17-11-10-15-6-3-4-7-16(15)14-17/h3-11,14H,2,12-13H2,1H3,(H,24,25). The molecule has 0 heterocycles. The largest absolute Gasteiger partial charge is 0.273 e. The lowest BCUT2D eigenvalue weighted by atomic mass is 9.79. The minimum atomic E-state index is -3.98. The van der Waals surface area contributed by atoms with Crippen LogP contribution in [0.5, 0.6) is 0 Å². The van der Waals surface area contributed by atoms with Gasteiger partial charge in [-0.05, 0) is 59.4 Å². The van der Waals surface area contributed by atoms with Gasteiger partial charge in [-0.25, -0.2) is 13.1 Å². The van der Waals surface area contributed by atoms with Crippen molar-refractivity contribution in [1.29, 1.82) is 0 Å². The summed E-state index contributed by atoms with van der Waals surface area (Å²) in [5.74, 6) is -0.496. The van der Waals surface area contributed by atoms with Gasteiger partial charge >= 0.3 is 0 Å². The highest BCUT2D eigenvalue weighted by Crippen LogP contribution is 2.44. The second-order valence-electron chi connectivity index (χ2n) is 7.15. The Balaban J connectivity index is 1.70. The van der Waals surface area contributed by atoms with Crippen molar-refractivity contribution >= 4 is 38.3 Å². The Morgan fingerprint density at radius 3 is 2.57 bits per heavy atom. The molecule has 1 atom stereocenters. The van der Waals surface area contributed by atoms with E-state index >= 15 is 0 Å². The summed E-state index contributed by atoms with van der Waals surface area (Å²) < 4.78 is 28.2. The van der Waals surface area contributed by atoms with E-state index in [2.05, 4.69) is 4.72 Å². The van der Waals surface area contributed by atoms with Crippen LogP contribution < -0.4 is 4.72 Å². The van der Waals surface area contributed by atoms with Crippen LogP contribution in [0.3, 0.4) is 0 Å². The number of rotatable bonds is 4. The molecule has 6 heteroatoms. The van der Waals surface area contributed by atoms with Crippen molar-refractivity contribution in [1.82, 2.24) is 4.72 Å². The van der Waals surface area contributed by atoms with E-state index in [1.54, 1.807) is 18.2 Å². The number of sulfonamides is 1. The van der Waals surface area contributed by atoms with Crippen molar-refractivity contribution in [2.75, 3.05) is 0 Å². The Labute approximate surface area is 169 Å². The molecule has 1 unspecified atom stereocenters. The van der Waals surface area contributed by atoms with Crippen molar-refractivity contribution in [3.63, 3.8) is 0 Å². The molecular weight excluding hydrogens is 394 g/mol. The van der Waals surface area contributed by atoms with Gasteiger partial charge in [0.1, 0.15) is 0 Å². The number of nitrogens with one attached hydrogen (secondary N) is 1. The summed E-state index contributed by atoms with van der Waals surface area (Å²) in [5, 5.41) is 2.37. The number of hydrogen-bond donors (Lipinski definition) is 1. The van der Waals surface area contributed by atoms with Crippen molar-refractivity contribution < 1.29 is 13.2 Å². The minimum absolute atomic E-state index is 0.0788.